The summed E-state index contributed by atoms with van der Waals surface area (Å²) in [6, 6.07) is 6.74. The van der Waals surface area contributed by atoms with E-state index in [4.69, 9.17) is 0 Å². The van der Waals surface area contributed by atoms with Gasteiger partial charge in [-0.05, 0) is 41.7 Å². The minimum atomic E-state index is -0.300. The first kappa shape index (κ1) is 15.7. The van der Waals surface area contributed by atoms with Crippen molar-refractivity contribution in [3.05, 3.63) is 35.4 Å². The number of carbonyl (C=O) groups excluding carboxylic acids is 2. The van der Waals surface area contributed by atoms with Crippen LogP contribution in [-0.4, -0.2) is 11.8 Å². The van der Waals surface area contributed by atoms with Crippen LogP contribution in [-0.2, 0) is 0 Å². The van der Waals surface area contributed by atoms with Crippen LogP contribution in [0.1, 0.15) is 61.8 Å². The maximum absolute atomic E-state index is 10.9. The van der Waals surface area contributed by atoms with E-state index in [1.54, 1.807) is 24.3 Å². The highest BCUT2D eigenvalue weighted by molar-refractivity contribution is 6.21. The summed E-state index contributed by atoms with van der Waals surface area (Å²) in [6.45, 7) is 11.2. The molecule has 3 aliphatic rings. The average molecular weight is 287 g/mol. The molecule has 0 saturated heterocycles. The van der Waals surface area contributed by atoms with Crippen LogP contribution in [0.25, 0.3) is 0 Å². The normalized spacial score (nSPS) is 34.0. The number of imide groups is 1. The van der Waals surface area contributed by atoms with E-state index in [9.17, 15) is 9.59 Å². The SMILES string of the molecule is CC.CC1CC2(C)C(C)C12.O=C1NC(=O)c2ccccc21. The Kier molecular flexibility index (Phi) is 4.22. The molecule has 4 rings (SSSR count). The summed E-state index contributed by atoms with van der Waals surface area (Å²) in [5, 5.41) is 2.20. The van der Waals surface area contributed by atoms with Gasteiger partial charge in [0.2, 0.25) is 0 Å². The molecule has 2 amide bonds. The smallest absolute Gasteiger partial charge is 0.258 e. The lowest BCUT2D eigenvalue weighted by atomic mass is 9.77. The van der Waals surface area contributed by atoms with Crippen LogP contribution < -0.4 is 5.32 Å². The zero-order valence-electron chi connectivity index (χ0n) is 13.6. The summed E-state index contributed by atoms with van der Waals surface area (Å²) in [7, 11) is 0. The fraction of sp³-hybridized carbons (Fsp3) is 0.556. The van der Waals surface area contributed by atoms with Gasteiger partial charge in [-0.3, -0.25) is 14.9 Å². The molecule has 1 aromatic rings. The minimum Gasteiger partial charge on any atom is -0.288 e. The molecule has 1 heterocycles. The van der Waals surface area contributed by atoms with Crippen molar-refractivity contribution in [2.75, 3.05) is 0 Å². The van der Waals surface area contributed by atoms with E-state index in [1.165, 1.54) is 6.42 Å². The van der Waals surface area contributed by atoms with Gasteiger partial charge in [0.1, 0.15) is 0 Å². The zero-order valence-corrected chi connectivity index (χ0v) is 13.6. The molecule has 0 spiro atoms. The first-order valence-electron chi connectivity index (χ1n) is 7.90. The third-order valence-electron chi connectivity index (χ3n) is 5.25. The molecule has 2 aliphatic carbocycles. The second-order valence-corrected chi connectivity index (χ2v) is 6.33. The third-order valence-corrected chi connectivity index (χ3v) is 5.25. The monoisotopic (exact) mass is 287 g/mol. The molecule has 1 aromatic carbocycles. The number of rotatable bonds is 0. The zero-order chi connectivity index (χ0) is 15.8. The van der Waals surface area contributed by atoms with E-state index >= 15 is 0 Å². The highest BCUT2D eigenvalue weighted by Crippen LogP contribution is 2.74. The topological polar surface area (TPSA) is 46.2 Å². The Labute approximate surface area is 127 Å². The molecular weight excluding hydrogens is 262 g/mol. The van der Waals surface area contributed by atoms with Crippen LogP contribution in [0.4, 0.5) is 0 Å². The predicted octanol–water partition coefficient (Wildman–Crippen LogP) is 3.89. The second kappa shape index (κ2) is 5.63. The lowest BCUT2D eigenvalue weighted by molar-refractivity contribution is 0.0879. The molecule has 4 atom stereocenters. The van der Waals surface area contributed by atoms with Crippen LogP contribution in [0.2, 0.25) is 0 Å². The Morgan fingerprint density at radius 1 is 1.05 bits per heavy atom. The van der Waals surface area contributed by atoms with E-state index < -0.39 is 0 Å². The number of carbonyl (C=O) groups is 2. The number of hydrogen-bond acceptors (Lipinski definition) is 2. The molecule has 1 aliphatic heterocycles. The van der Waals surface area contributed by atoms with Crippen molar-refractivity contribution in [1.82, 2.24) is 5.32 Å². The first-order chi connectivity index (χ1) is 9.95. The molecule has 2 fully saturated rings. The minimum absolute atomic E-state index is 0.300. The fourth-order valence-corrected chi connectivity index (χ4v) is 4.08. The molecule has 3 heteroatoms. The fourth-order valence-electron chi connectivity index (χ4n) is 4.08. The van der Waals surface area contributed by atoms with Crippen molar-refractivity contribution in [2.24, 2.45) is 23.2 Å². The molecule has 4 unspecified atom stereocenters. The van der Waals surface area contributed by atoms with Crippen LogP contribution in [0.3, 0.4) is 0 Å². The maximum Gasteiger partial charge on any atom is 0.258 e. The first-order valence-corrected chi connectivity index (χ1v) is 7.90. The Bertz CT molecular complexity index is 533. The van der Waals surface area contributed by atoms with Gasteiger partial charge >= 0.3 is 0 Å². The molecular formula is C18H25NO2. The quantitative estimate of drug-likeness (QED) is 0.736. The average Bonchev–Trinajstić information content (AvgIpc) is 2.75. The van der Waals surface area contributed by atoms with Gasteiger partial charge in [0.05, 0.1) is 11.1 Å². The van der Waals surface area contributed by atoms with E-state index in [0.29, 0.717) is 11.1 Å². The second-order valence-electron chi connectivity index (χ2n) is 6.33. The van der Waals surface area contributed by atoms with Gasteiger partial charge in [-0.25, -0.2) is 0 Å². The standard InChI is InChI=1S/C8H5NO2.C8H14.C2H6/c10-7-5-3-1-2-4-6(5)8(11)9-7;1-5-4-8(3)6(2)7(5)8;1-2/h1-4H,(H,9,10,11);5-7H,4H2,1-3H3;1-2H3. The Morgan fingerprint density at radius 2 is 1.52 bits per heavy atom. The van der Waals surface area contributed by atoms with Gasteiger partial charge in [0.25, 0.3) is 11.8 Å². The number of nitrogens with one attached hydrogen (secondary N) is 1. The largest absolute Gasteiger partial charge is 0.288 e. The number of hydrogen-bond donors (Lipinski definition) is 1. The van der Waals surface area contributed by atoms with Gasteiger partial charge < -0.3 is 0 Å². The predicted molar refractivity (Wildman–Crippen MR) is 84.1 cm³/mol. The lowest BCUT2D eigenvalue weighted by Crippen LogP contribution is -2.19. The maximum atomic E-state index is 10.9. The van der Waals surface area contributed by atoms with E-state index in [0.717, 1.165) is 23.2 Å². The van der Waals surface area contributed by atoms with Crippen LogP contribution in [0.5, 0.6) is 0 Å². The van der Waals surface area contributed by atoms with Crippen LogP contribution in [0, 0.1) is 23.2 Å². The van der Waals surface area contributed by atoms with Crippen LogP contribution in [0.15, 0.2) is 24.3 Å². The van der Waals surface area contributed by atoms with Crippen molar-refractivity contribution in [1.29, 1.82) is 0 Å². The summed E-state index contributed by atoms with van der Waals surface area (Å²) in [4.78, 5) is 21.9. The molecule has 0 bridgehead atoms. The molecule has 2 saturated carbocycles. The van der Waals surface area contributed by atoms with Crippen molar-refractivity contribution in [3.63, 3.8) is 0 Å². The number of benzene rings is 1. The van der Waals surface area contributed by atoms with Crippen molar-refractivity contribution in [3.8, 4) is 0 Å². The third kappa shape index (κ3) is 2.50. The van der Waals surface area contributed by atoms with E-state index in [-0.39, 0.29) is 11.8 Å². The van der Waals surface area contributed by atoms with Gasteiger partial charge in [-0.1, -0.05) is 46.8 Å². The highest BCUT2D eigenvalue weighted by atomic mass is 16.2. The van der Waals surface area contributed by atoms with Crippen LogP contribution >= 0.6 is 0 Å². The van der Waals surface area contributed by atoms with Gasteiger partial charge in [-0.15, -0.1) is 0 Å². The summed E-state index contributed by atoms with van der Waals surface area (Å²) >= 11 is 0. The molecule has 114 valence electrons. The Hall–Kier alpha value is -1.64. The molecule has 3 nitrogen and oxygen atoms in total. The van der Waals surface area contributed by atoms with Gasteiger partial charge in [0.15, 0.2) is 0 Å². The lowest BCUT2D eigenvalue weighted by Gasteiger charge is -2.27. The van der Waals surface area contributed by atoms with E-state index in [2.05, 4.69) is 26.1 Å². The van der Waals surface area contributed by atoms with Crippen molar-refractivity contribution >= 4 is 11.8 Å². The number of amides is 2. The summed E-state index contributed by atoms with van der Waals surface area (Å²) in [5.41, 5.74) is 1.76. The molecule has 0 radical (unpaired) electrons. The van der Waals surface area contributed by atoms with Gasteiger partial charge in [0, 0.05) is 0 Å². The van der Waals surface area contributed by atoms with Crippen molar-refractivity contribution in [2.45, 2.75) is 41.0 Å². The number of fused-ring (bicyclic) bond motifs is 2. The molecule has 21 heavy (non-hydrogen) atoms. The van der Waals surface area contributed by atoms with E-state index in [1.807, 2.05) is 13.8 Å². The Balaban J connectivity index is 0.000000143. The summed E-state index contributed by atoms with van der Waals surface area (Å²) < 4.78 is 0. The highest BCUT2D eigenvalue weighted by Gasteiger charge is 2.68. The summed E-state index contributed by atoms with van der Waals surface area (Å²) in [6.07, 6.45) is 1.50. The molecule has 0 aromatic heterocycles. The van der Waals surface area contributed by atoms with Gasteiger partial charge in [-0.2, -0.15) is 0 Å². The van der Waals surface area contributed by atoms with Crippen molar-refractivity contribution < 1.29 is 9.59 Å². The molecule has 1 N–H and O–H groups in total. The Morgan fingerprint density at radius 3 is 1.76 bits per heavy atom. The summed E-state index contributed by atoms with van der Waals surface area (Å²) in [5.74, 6) is 2.62.